The highest BCUT2D eigenvalue weighted by molar-refractivity contribution is 5.98. The first-order valence-corrected chi connectivity index (χ1v) is 13.2. The fraction of sp³-hybridized carbons (Fsp3) is 0.567. The molecule has 8 nitrogen and oxygen atoms in total. The predicted molar refractivity (Wildman–Crippen MR) is 145 cm³/mol. The van der Waals surface area contributed by atoms with Gasteiger partial charge in [0.15, 0.2) is 0 Å². The van der Waals surface area contributed by atoms with Crippen LogP contribution in [0.1, 0.15) is 58.4 Å². The van der Waals surface area contributed by atoms with E-state index in [9.17, 15) is 19.5 Å². The van der Waals surface area contributed by atoms with Crippen LogP contribution in [-0.2, 0) is 23.9 Å². The number of likely N-dealkylation sites (N-methyl/N-ethyl adjacent to an activating group) is 2. The summed E-state index contributed by atoms with van der Waals surface area (Å²) in [6, 6.07) is 5.86. The molecule has 208 valence electrons. The Morgan fingerprint density at radius 3 is 2.24 bits per heavy atom. The largest absolute Gasteiger partial charge is 0.508 e. The third-order valence-electron chi connectivity index (χ3n) is 8.49. The van der Waals surface area contributed by atoms with E-state index in [4.69, 9.17) is 9.47 Å². The maximum absolute atomic E-state index is 14.3. The molecule has 8 heteroatoms. The maximum Gasteiger partial charge on any atom is 0.328 e. The Balaban J connectivity index is 1.95. The molecule has 0 aromatic heterocycles. The van der Waals surface area contributed by atoms with Gasteiger partial charge in [0.05, 0.1) is 12.7 Å². The molecular formula is C30H42N2O6. The van der Waals surface area contributed by atoms with Gasteiger partial charge in [-0.05, 0) is 49.0 Å². The Morgan fingerprint density at radius 1 is 1.11 bits per heavy atom. The van der Waals surface area contributed by atoms with E-state index in [1.165, 1.54) is 12.0 Å². The summed E-state index contributed by atoms with van der Waals surface area (Å²) in [7, 11) is 6.25. The monoisotopic (exact) mass is 526 g/mol. The lowest BCUT2D eigenvalue weighted by Crippen LogP contribution is -2.56. The van der Waals surface area contributed by atoms with Gasteiger partial charge in [-0.3, -0.25) is 9.59 Å². The van der Waals surface area contributed by atoms with Gasteiger partial charge in [0, 0.05) is 39.5 Å². The van der Waals surface area contributed by atoms with E-state index in [1.54, 1.807) is 50.4 Å². The molecule has 1 N–H and O–H groups in total. The highest BCUT2D eigenvalue weighted by atomic mass is 16.5. The average molecular weight is 527 g/mol. The van der Waals surface area contributed by atoms with E-state index in [2.05, 4.69) is 0 Å². The SMILES string of the molecule is COC(=O)[C@@H](CC1=CCC(C)(OC)C=C1)N(C)C(=O)C1(N(C)C(=O)[C@@H](C)C(C)C)CC1c1ccc(O)cc1. The summed E-state index contributed by atoms with van der Waals surface area (Å²) in [6.07, 6.45) is 7.26. The number of aromatic hydroxyl groups is 1. The smallest absolute Gasteiger partial charge is 0.328 e. The van der Waals surface area contributed by atoms with Gasteiger partial charge in [0.2, 0.25) is 11.8 Å². The number of rotatable bonds is 10. The number of nitrogens with zero attached hydrogens (tertiary/aromatic N) is 2. The van der Waals surface area contributed by atoms with Crippen LogP contribution >= 0.6 is 0 Å². The van der Waals surface area contributed by atoms with Crippen molar-refractivity contribution in [2.24, 2.45) is 11.8 Å². The number of carbonyl (C=O) groups is 3. The van der Waals surface area contributed by atoms with Crippen LogP contribution < -0.4 is 0 Å². The van der Waals surface area contributed by atoms with E-state index in [-0.39, 0.29) is 41.7 Å². The summed E-state index contributed by atoms with van der Waals surface area (Å²) in [6.45, 7) is 7.81. The summed E-state index contributed by atoms with van der Waals surface area (Å²) in [4.78, 5) is 43.7. The summed E-state index contributed by atoms with van der Waals surface area (Å²) < 4.78 is 10.7. The lowest BCUT2D eigenvalue weighted by atomic mass is 9.90. The third kappa shape index (κ3) is 5.65. The highest BCUT2D eigenvalue weighted by Crippen LogP contribution is 2.57. The Labute approximate surface area is 226 Å². The van der Waals surface area contributed by atoms with Crippen LogP contribution in [0.4, 0.5) is 0 Å². The Kier molecular flexibility index (Phi) is 8.76. The molecule has 0 radical (unpaired) electrons. The second-order valence-electron chi connectivity index (χ2n) is 11.2. The lowest BCUT2D eigenvalue weighted by molar-refractivity contribution is -0.156. The number of phenols is 1. The van der Waals surface area contributed by atoms with Gasteiger partial charge < -0.3 is 24.4 Å². The molecule has 0 spiro atoms. The Morgan fingerprint density at radius 2 is 1.74 bits per heavy atom. The van der Waals surface area contributed by atoms with Crippen molar-refractivity contribution < 1.29 is 29.0 Å². The number of amides is 2. The number of phenolic OH excluding ortho intramolecular Hbond substituents is 1. The van der Waals surface area contributed by atoms with Crippen molar-refractivity contribution in [1.82, 2.24) is 9.80 Å². The Hall–Kier alpha value is -3.13. The maximum atomic E-state index is 14.3. The van der Waals surface area contributed by atoms with E-state index in [0.29, 0.717) is 12.8 Å². The fourth-order valence-corrected chi connectivity index (χ4v) is 5.13. The van der Waals surface area contributed by atoms with E-state index in [1.807, 2.05) is 45.9 Å². The number of hydrogen-bond acceptors (Lipinski definition) is 6. The summed E-state index contributed by atoms with van der Waals surface area (Å²) >= 11 is 0. The van der Waals surface area contributed by atoms with Crippen molar-refractivity contribution in [1.29, 1.82) is 0 Å². The molecule has 0 saturated heterocycles. The van der Waals surface area contributed by atoms with Crippen LogP contribution in [0.25, 0.3) is 0 Å². The molecule has 1 aromatic carbocycles. The zero-order chi connectivity index (χ0) is 28.4. The molecule has 3 rings (SSSR count). The van der Waals surface area contributed by atoms with Gasteiger partial charge in [0.1, 0.15) is 17.3 Å². The quantitative estimate of drug-likeness (QED) is 0.462. The van der Waals surface area contributed by atoms with Gasteiger partial charge in [-0.1, -0.05) is 51.1 Å². The summed E-state index contributed by atoms with van der Waals surface area (Å²) in [5.74, 6) is -1.25. The molecule has 2 amide bonds. The normalized spacial score (nSPS) is 25.8. The first-order chi connectivity index (χ1) is 17.8. The van der Waals surface area contributed by atoms with Crippen LogP contribution in [0, 0.1) is 11.8 Å². The number of esters is 1. The molecule has 0 aliphatic heterocycles. The van der Waals surface area contributed by atoms with Crippen LogP contribution in [0.3, 0.4) is 0 Å². The molecule has 0 heterocycles. The Bertz CT molecular complexity index is 1110. The van der Waals surface area contributed by atoms with E-state index < -0.39 is 23.2 Å². The zero-order valence-corrected chi connectivity index (χ0v) is 23.9. The molecule has 5 atom stereocenters. The van der Waals surface area contributed by atoms with Crippen LogP contribution in [0.5, 0.6) is 5.75 Å². The second kappa shape index (κ2) is 11.3. The van der Waals surface area contributed by atoms with Crippen LogP contribution in [0.15, 0.2) is 48.1 Å². The molecular weight excluding hydrogens is 484 g/mol. The second-order valence-corrected chi connectivity index (χ2v) is 11.2. The highest BCUT2D eigenvalue weighted by Gasteiger charge is 2.66. The first-order valence-electron chi connectivity index (χ1n) is 13.2. The minimum Gasteiger partial charge on any atom is -0.508 e. The topological polar surface area (TPSA) is 96.4 Å². The van der Waals surface area contributed by atoms with Crippen molar-refractivity contribution in [3.63, 3.8) is 0 Å². The van der Waals surface area contributed by atoms with Crippen molar-refractivity contribution in [2.75, 3.05) is 28.3 Å². The number of benzene rings is 1. The molecule has 1 fully saturated rings. The minimum absolute atomic E-state index is 0.103. The number of carbonyl (C=O) groups excluding carboxylic acids is 3. The third-order valence-corrected chi connectivity index (χ3v) is 8.49. The minimum atomic E-state index is -1.14. The van der Waals surface area contributed by atoms with E-state index >= 15 is 0 Å². The fourth-order valence-electron chi connectivity index (χ4n) is 5.13. The molecule has 38 heavy (non-hydrogen) atoms. The van der Waals surface area contributed by atoms with Crippen molar-refractivity contribution >= 4 is 17.8 Å². The molecule has 0 bridgehead atoms. The summed E-state index contributed by atoms with van der Waals surface area (Å²) in [5, 5.41) is 9.77. The number of allylic oxidation sites excluding steroid dienone is 1. The van der Waals surface area contributed by atoms with Crippen LogP contribution in [-0.4, -0.2) is 78.2 Å². The number of methoxy groups -OCH3 is 2. The first kappa shape index (κ1) is 29.4. The van der Waals surface area contributed by atoms with E-state index in [0.717, 1.165) is 11.1 Å². The number of ether oxygens (including phenoxy) is 2. The van der Waals surface area contributed by atoms with Gasteiger partial charge in [0.25, 0.3) is 0 Å². The molecule has 3 unspecified atom stereocenters. The standard InChI is InChI=1S/C30H42N2O6/c1-19(2)20(3)26(34)32(6)30(18-24(30)22-9-11-23(33)12-10-22)28(36)31(5)25(27(35)37-7)17-21-13-15-29(4,38-8)16-14-21/h9-15,19-20,24-25,33H,16-18H2,1-8H3/t20-,24?,25+,29?,30?/m0/s1. The zero-order valence-electron chi connectivity index (χ0n) is 23.9. The van der Waals surface area contributed by atoms with Crippen molar-refractivity contribution in [2.45, 2.75) is 70.1 Å². The predicted octanol–water partition coefficient (Wildman–Crippen LogP) is 4.05. The van der Waals surface area contributed by atoms with Gasteiger partial charge in [-0.15, -0.1) is 0 Å². The number of hydrogen-bond donors (Lipinski definition) is 1. The molecule has 2 aliphatic carbocycles. The van der Waals surface area contributed by atoms with Gasteiger partial charge in [-0.2, -0.15) is 0 Å². The summed E-state index contributed by atoms with van der Waals surface area (Å²) in [5.41, 5.74) is 0.224. The van der Waals surface area contributed by atoms with Crippen molar-refractivity contribution in [3.05, 3.63) is 53.6 Å². The average Bonchev–Trinajstić information content (AvgIpc) is 3.67. The lowest BCUT2D eigenvalue weighted by Gasteiger charge is -2.37. The molecule has 2 aliphatic rings. The molecule has 1 aromatic rings. The molecule has 1 saturated carbocycles. The van der Waals surface area contributed by atoms with Gasteiger partial charge >= 0.3 is 5.97 Å². The van der Waals surface area contributed by atoms with Gasteiger partial charge in [-0.25, -0.2) is 4.79 Å². The van der Waals surface area contributed by atoms with Crippen molar-refractivity contribution in [3.8, 4) is 5.75 Å². The van der Waals surface area contributed by atoms with Crippen LogP contribution in [0.2, 0.25) is 0 Å².